The number of carbonyl (C=O) groups excluding carboxylic acids is 1. The van der Waals surface area contributed by atoms with Crippen molar-refractivity contribution in [2.45, 2.75) is 31.8 Å². The van der Waals surface area contributed by atoms with Gasteiger partial charge in [0.2, 0.25) is 0 Å². The molecule has 1 atom stereocenters. The zero-order valence-corrected chi connectivity index (χ0v) is 8.01. The Labute approximate surface area is 78.3 Å². The average Bonchev–Trinajstić information content (AvgIpc) is 2.04. The fourth-order valence-electron chi connectivity index (χ4n) is 1.58. The Bertz CT molecular complexity index is 176. The number of aliphatic hydroxyl groups is 1. The SMILES string of the molecule is CCOC(=O)CC1(O)CCCNC1. The molecule has 0 radical (unpaired) electrons. The first-order chi connectivity index (χ1) is 6.16. The van der Waals surface area contributed by atoms with E-state index in [2.05, 4.69) is 5.32 Å². The Morgan fingerprint density at radius 3 is 3.00 bits per heavy atom. The number of esters is 1. The lowest BCUT2D eigenvalue weighted by Crippen LogP contribution is -2.47. The van der Waals surface area contributed by atoms with E-state index < -0.39 is 5.60 Å². The summed E-state index contributed by atoms with van der Waals surface area (Å²) in [5, 5.41) is 13.0. The Morgan fingerprint density at radius 1 is 1.69 bits per heavy atom. The molecule has 0 spiro atoms. The number of hydrogen-bond donors (Lipinski definition) is 2. The number of ether oxygens (including phenoxy) is 1. The van der Waals surface area contributed by atoms with Crippen molar-refractivity contribution in [3.8, 4) is 0 Å². The predicted octanol–water partition coefficient (Wildman–Crippen LogP) is 0.0541. The van der Waals surface area contributed by atoms with Crippen LogP contribution in [0.4, 0.5) is 0 Å². The van der Waals surface area contributed by atoms with Gasteiger partial charge in [-0.2, -0.15) is 0 Å². The summed E-state index contributed by atoms with van der Waals surface area (Å²) >= 11 is 0. The lowest BCUT2D eigenvalue weighted by atomic mass is 9.91. The molecule has 76 valence electrons. The number of piperidine rings is 1. The molecule has 4 heteroatoms. The molecule has 1 fully saturated rings. The summed E-state index contributed by atoms with van der Waals surface area (Å²) in [6.45, 7) is 3.56. The van der Waals surface area contributed by atoms with Gasteiger partial charge >= 0.3 is 5.97 Å². The lowest BCUT2D eigenvalue weighted by Gasteiger charge is -2.31. The van der Waals surface area contributed by atoms with Crippen molar-refractivity contribution >= 4 is 5.97 Å². The first kappa shape index (κ1) is 10.5. The third-order valence-electron chi connectivity index (χ3n) is 2.23. The van der Waals surface area contributed by atoms with Gasteiger partial charge in [-0.05, 0) is 26.3 Å². The van der Waals surface area contributed by atoms with Crippen LogP contribution in [0.15, 0.2) is 0 Å². The van der Waals surface area contributed by atoms with E-state index in [1.807, 2.05) is 0 Å². The molecule has 0 aromatic heterocycles. The smallest absolute Gasteiger partial charge is 0.308 e. The van der Waals surface area contributed by atoms with Gasteiger partial charge in [-0.15, -0.1) is 0 Å². The minimum Gasteiger partial charge on any atom is -0.466 e. The predicted molar refractivity (Wildman–Crippen MR) is 48.3 cm³/mol. The minimum atomic E-state index is -0.884. The Hall–Kier alpha value is -0.610. The van der Waals surface area contributed by atoms with Gasteiger partial charge < -0.3 is 15.2 Å². The van der Waals surface area contributed by atoms with Crippen LogP contribution in [-0.4, -0.2) is 36.4 Å². The average molecular weight is 187 g/mol. The summed E-state index contributed by atoms with van der Waals surface area (Å²) in [6, 6.07) is 0. The van der Waals surface area contributed by atoms with Gasteiger partial charge in [0.05, 0.1) is 18.6 Å². The molecule has 1 heterocycles. The van der Waals surface area contributed by atoms with Crippen LogP contribution in [0.2, 0.25) is 0 Å². The largest absolute Gasteiger partial charge is 0.466 e. The molecule has 1 rings (SSSR count). The van der Waals surface area contributed by atoms with Crippen LogP contribution >= 0.6 is 0 Å². The molecular weight excluding hydrogens is 170 g/mol. The van der Waals surface area contributed by atoms with Crippen molar-refractivity contribution in [1.82, 2.24) is 5.32 Å². The molecule has 13 heavy (non-hydrogen) atoms. The quantitative estimate of drug-likeness (QED) is 0.613. The summed E-state index contributed by atoms with van der Waals surface area (Å²) in [4.78, 5) is 11.1. The maximum absolute atomic E-state index is 11.1. The standard InChI is InChI=1S/C9H17NO3/c1-2-13-8(11)6-9(12)4-3-5-10-7-9/h10,12H,2-7H2,1H3. The van der Waals surface area contributed by atoms with Gasteiger partial charge in [0.1, 0.15) is 0 Å². The van der Waals surface area contributed by atoms with E-state index in [1.54, 1.807) is 6.92 Å². The fourth-order valence-corrected chi connectivity index (χ4v) is 1.58. The lowest BCUT2D eigenvalue weighted by molar-refractivity contribution is -0.149. The van der Waals surface area contributed by atoms with Crippen molar-refractivity contribution < 1.29 is 14.6 Å². The molecule has 4 nitrogen and oxygen atoms in total. The number of hydrogen-bond acceptors (Lipinski definition) is 4. The molecule has 0 saturated carbocycles. The second-order valence-corrected chi connectivity index (χ2v) is 3.49. The summed E-state index contributed by atoms with van der Waals surface area (Å²) in [5.41, 5.74) is -0.884. The summed E-state index contributed by atoms with van der Waals surface area (Å²) < 4.78 is 4.78. The van der Waals surface area contributed by atoms with Gasteiger partial charge in [0.15, 0.2) is 0 Å². The van der Waals surface area contributed by atoms with Crippen molar-refractivity contribution in [2.24, 2.45) is 0 Å². The molecule has 0 aliphatic carbocycles. The molecule has 1 aliphatic heterocycles. The van der Waals surface area contributed by atoms with Crippen molar-refractivity contribution in [3.63, 3.8) is 0 Å². The monoisotopic (exact) mass is 187 g/mol. The zero-order valence-electron chi connectivity index (χ0n) is 8.01. The third kappa shape index (κ3) is 3.32. The van der Waals surface area contributed by atoms with Gasteiger partial charge in [-0.25, -0.2) is 0 Å². The molecule has 0 aromatic carbocycles. The van der Waals surface area contributed by atoms with Gasteiger partial charge in [-0.1, -0.05) is 0 Å². The molecule has 0 amide bonds. The van der Waals surface area contributed by atoms with Crippen molar-refractivity contribution in [1.29, 1.82) is 0 Å². The molecular formula is C9H17NO3. The first-order valence-corrected chi connectivity index (χ1v) is 4.75. The first-order valence-electron chi connectivity index (χ1n) is 4.75. The minimum absolute atomic E-state index is 0.105. The molecule has 0 aromatic rings. The maximum atomic E-state index is 11.1. The molecule has 1 saturated heterocycles. The van der Waals surface area contributed by atoms with Crippen LogP contribution < -0.4 is 5.32 Å². The van der Waals surface area contributed by atoms with Crippen LogP contribution in [0.5, 0.6) is 0 Å². The highest BCUT2D eigenvalue weighted by Gasteiger charge is 2.32. The fraction of sp³-hybridized carbons (Fsp3) is 0.889. The summed E-state index contributed by atoms with van der Waals surface area (Å²) in [7, 11) is 0. The normalized spacial score (nSPS) is 28.5. The van der Waals surface area contributed by atoms with E-state index in [-0.39, 0.29) is 12.4 Å². The van der Waals surface area contributed by atoms with Gasteiger partial charge in [-0.3, -0.25) is 4.79 Å². The zero-order chi connectivity index (χ0) is 9.73. The van der Waals surface area contributed by atoms with Gasteiger partial charge in [0.25, 0.3) is 0 Å². The second-order valence-electron chi connectivity index (χ2n) is 3.49. The number of carbonyl (C=O) groups is 1. The van der Waals surface area contributed by atoms with E-state index in [9.17, 15) is 9.90 Å². The highest BCUT2D eigenvalue weighted by atomic mass is 16.5. The maximum Gasteiger partial charge on any atom is 0.308 e. The Balaban J connectivity index is 2.36. The number of rotatable bonds is 3. The summed E-state index contributed by atoms with van der Waals surface area (Å²) in [6.07, 6.45) is 1.70. The molecule has 0 bridgehead atoms. The van der Waals surface area contributed by atoms with Crippen molar-refractivity contribution in [3.05, 3.63) is 0 Å². The van der Waals surface area contributed by atoms with E-state index in [0.29, 0.717) is 19.6 Å². The van der Waals surface area contributed by atoms with E-state index >= 15 is 0 Å². The molecule has 1 aliphatic rings. The Kier molecular flexibility index (Phi) is 3.69. The van der Waals surface area contributed by atoms with Crippen LogP contribution in [0.1, 0.15) is 26.2 Å². The van der Waals surface area contributed by atoms with E-state index in [1.165, 1.54) is 0 Å². The molecule has 1 unspecified atom stereocenters. The van der Waals surface area contributed by atoms with E-state index in [0.717, 1.165) is 13.0 Å². The summed E-state index contributed by atoms with van der Waals surface area (Å²) in [5.74, 6) is -0.311. The van der Waals surface area contributed by atoms with Crippen LogP contribution in [0.3, 0.4) is 0 Å². The highest BCUT2D eigenvalue weighted by Crippen LogP contribution is 2.20. The third-order valence-corrected chi connectivity index (χ3v) is 2.23. The van der Waals surface area contributed by atoms with Crippen LogP contribution in [-0.2, 0) is 9.53 Å². The topological polar surface area (TPSA) is 58.6 Å². The van der Waals surface area contributed by atoms with Crippen molar-refractivity contribution in [2.75, 3.05) is 19.7 Å². The second kappa shape index (κ2) is 4.58. The van der Waals surface area contributed by atoms with Gasteiger partial charge in [0, 0.05) is 6.54 Å². The Morgan fingerprint density at radius 2 is 2.46 bits per heavy atom. The highest BCUT2D eigenvalue weighted by molar-refractivity contribution is 5.70. The number of β-amino-alcohol motifs (C(OH)–C–C–N with tert-alkyl or cyclic N) is 1. The van der Waals surface area contributed by atoms with E-state index in [4.69, 9.17) is 4.74 Å². The number of nitrogens with one attached hydrogen (secondary N) is 1. The van der Waals surface area contributed by atoms with Crippen LogP contribution in [0.25, 0.3) is 0 Å². The molecule has 2 N–H and O–H groups in total. The van der Waals surface area contributed by atoms with Crippen LogP contribution in [0, 0.1) is 0 Å².